The van der Waals surface area contributed by atoms with E-state index in [1.807, 2.05) is 30.3 Å². The molecule has 0 saturated carbocycles. The van der Waals surface area contributed by atoms with Gasteiger partial charge < -0.3 is 10.2 Å². The maximum Gasteiger partial charge on any atom is 0.243 e. The first-order chi connectivity index (χ1) is 17.4. The van der Waals surface area contributed by atoms with Crippen LogP contribution in [0.5, 0.6) is 0 Å². The van der Waals surface area contributed by atoms with Crippen LogP contribution in [0.3, 0.4) is 0 Å². The Balaban J connectivity index is 1.30. The molecule has 1 unspecified atom stereocenters. The molecule has 1 atom stereocenters. The Hall–Kier alpha value is -2.97. The van der Waals surface area contributed by atoms with Gasteiger partial charge in [0.05, 0.1) is 16.3 Å². The van der Waals surface area contributed by atoms with Crippen LogP contribution in [0.4, 0.5) is 11.5 Å². The van der Waals surface area contributed by atoms with Crippen LogP contribution in [-0.2, 0) is 21.2 Å². The first-order valence-electron chi connectivity index (χ1n) is 13.0. The van der Waals surface area contributed by atoms with Gasteiger partial charge in [0.2, 0.25) is 15.9 Å². The average Bonchev–Trinajstić information content (AvgIpc) is 2.93. The van der Waals surface area contributed by atoms with Crippen LogP contribution in [0, 0.1) is 5.92 Å². The first-order valence-corrected chi connectivity index (χ1v) is 14.4. The van der Waals surface area contributed by atoms with Crippen LogP contribution in [0.2, 0.25) is 0 Å². The Morgan fingerprint density at radius 3 is 2.64 bits per heavy atom. The maximum atomic E-state index is 13.1. The lowest BCUT2D eigenvalue weighted by Gasteiger charge is -2.33. The van der Waals surface area contributed by atoms with E-state index >= 15 is 0 Å². The van der Waals surface area contributed by atoms with Crippen LogP contribution in [-0.4, -0.2) is 49.8 Å². The number of rotatable bonds is 6. The molecule has 190 valence electrons. The summed E-state index contributed by atoms with van der Waals surface area (Å²) in [6.07, 6.45) is 5.61. The molecule has 2 aliphatic heterocycles. The zero-order chi connectivity index (χ0) is 25.1. The summed E-state index contributed by atoms with van der Waals surface area (Å²) in [5.41, 5.74) is 2.80. The number of hydrogen-bond donors (Lipinski definition) is 1. The van der Waals surface area contributed by atoms with E-state index in [1.165, 1.54) is 5.56 Å². The highest BCUT2D eigenvalue weighted by Gasteiger charge is 2.28. The molecule has 36 heavy (non-hydrogen) atoms. The molecule has 0 aliphatic carbocycles. The lowest BCUT2D eigenvalue weighted by molar-refractivity contribution is -0.120. The third kappa shape index (κ3) is 5.25. The zero-order valence-electron chi connectivity index (χ0n) is 20.8. The van der Waals surface area contributed by atoms with Gasteiger partial charge in [0.15, 0.2) is 0 Å². The lowest BCUT2D eigenvalue weighted by Crippen LogP contribution is -2.41. The number of carbonyl (C=O) groups is 1. The molecule has 1 amide bonds. The fraction of sp³-hybridized carbons (Fsp3) is 0.429. The normalized spacial score (nSPS) is 19.4. The Labute approximate surface area is 213 Å². The predicted molar refractivity (Wildman–Crippen MR) is 144 cm³/mol. The van der Waals surface area contributed by atoms with Crippen molar-refractivity contribution >= 4 is 38.3 Å². The SMILES string of the molecule is CCc1cccc(NC(=O)C2CCCN(c3ccc4cc(S(=O)(=O)N5CCCCC5)ccc4n3)C2)c1. The molecular weight excluding hydrogens is 472 g/mol. The number of hydrogen-bond acceptors (Lipinski definition) is 5. The number of fused-ring (bicyclic) bond motifs is 1. The van der Waals surface area contributed by atoms with E-state index in [0.717, 1.165) is 67.5 Å². The number of nitrogens with zero attached hydrogens (tertiary/aromatic N) is 3. The summed E-state index contributed by atoms with van der Waals surface area (Å²) in [6, 6.07) is 17.1. The quantitative estimate of drug-likeness (QED) is 0.518. The van der Waals surface area contributed by atoms with Gasteiger partial charge in [-0.2, -0.15) is 4.31 Å². The number of aromatic nitrogens is 1. The molecule has 5 rings (SSSR count). The molecule has 2 aromatic carbocycles. The topological polar surface area (TPSA) is 82.6 Å². The molecule has 0 bridgehead atoms. The van der Waals surface area contributed by atoms with Crippen LogP contribution in [0.15, 0.2) is 59.5 Å². The second-order valence-corrected chi connectivity index (χ2v) is 11.8. The second-order valence-electron chi connectivity index (χ2n) is 9.82. The average molecular weight is 507 g/mol. The van der Waals surface area contributed by atoms with Gasteiger partial charge in [0, 0.05) is 37.3 Å². The van der Waals surface area contributed by atoms with Gasteiger partial charge in [-0.15, -0.1) is 0 Å². The highest BCUT2D eigenvalue weighted by Crippen LogP contribution is 2.28. The molecule has 2 fully saturated rings. The van der Waals surface area contributed by atoms with Crippen molar-refractivity contribution in [3.05, 3.63) is 60.2 Å². The number of pyridine rings is 1. The minimum Gasteiger partial charge on any atom is -0.356 e. The molecular formula is C28H34N4O3S. The van der Waals surface area contributed by atoms with Crippen molar-refractivity contribution in [2.24, 2.45) is 5.92 Å². The van der Waals surface area contributed by atoms with Gasteiger partial charge in [0.25, 0.3) is 0 Å². The van der Waals surface area contributed by atoms with E-state index in [4.69, 9.17) is 4.98 Å². The smallest absolute Gasteiger partial charge is 0.243 e. The van der Waals surface area contributed by atoms with Crippen LogP contribution >= 0.6 is 0 Å². The lowest BCUT2D eigenvalue weighted by atomic mass is 9.97. The molecule has 3 heterocycles. The summed E-state index contributed by atoms with van der Waals surface area (Å²) in [4.78, 5) is 20.3. The number of nitrogens with one attached hydrogen (secondary N) is 1. The van der Waals surface area contributed by atoms with Gasteiger partial charge >= 0.3 is 0 Å². The van der Waals surface area contributed by atoms with Gasteiger partial charge in [-0.25, -0.2) is 13.4 Å². The summed E-state index contributed by atoms with van der Waals surface area (Å²) >= 11 is 0. The predicted octanol–water partition coefficient (Wildman–Crippen LogP) is 4.83. The molecule has 2 aliphatic rings. The van der Waals surface area contributed by atoms with Crippen molar-refractivity contribution in [3.63, 3.8) is 0 Å². The van der Waals surface area contributed by atoms with Gasteiger partial charge in [-0.05, 0) is 80.1 Å². The number of sulfonamides is 1. The van der Waals surface area contributed by atoms with Crippen molar-refractivity contribution in [1.82, 2.24) is 9.29 Å². The molecule has 7 nitrogen and oxygen atoms in total. The van der Waals surface area contributed by atoms with Gasteiger partial charge in [-0.1, -0.05) is 25.5 Å². The number of anilines is 2. The highest BCUT2D eigenvalue weighted by molar-refractivity contribution is 7.89. The third-order valence-electron chi connectivity index (χ3n) is 7.32. The molecule has 1 aromatic heterocycles. The van der Waals surface area contributed by atoms with E-state index in [1.54, 1.807) is 22.5 Å². The van der Waals surface area contributed by atoms with E-state index < -0.39 is 10.0 Å². The van der Waals surface area contributed by atoms with Crippen LogP contribution in [0.1, 0.15) is 44.6 Å². The number of benzene rings is 2. The molecule has 8 heteroatoms. The van der Waals surface area contributed by atoms with Gasteiger partial charge in [-0.3, -0.25) is 4.79 Å². The first kappa shape index (κ1) is 24.7. The van der Waals surface area contributed by atoms with Crippen LogP contribution < -0.4 is 10.2 Å². The molecule has 2 saturated heterocycles. The number of aryl methyl sites for hydroxylation is 1. The van der Waals surface area contributed by atoms with E-state index in [0.29, 0.717) is 24.5 Å². The Kier molecular flexibility index (Phi) is 7.25. The second kappa shape index (κ2) is 10.6. The zero-order valence-corrected chi connectivity index (χ0v) is 21.6. The maximum absolute atomic E-state index is 13.1. The minimum atomic E-state index is -3.48. The summed E-state index contributed by atoms with van der Waals surface area (Å²) in [5.74, 6) is 0.750. The van der Waals surface area contributed by atoms with Crippen molar-refractivity contribution < 1.29 is 13.2 Å². The van der Waals surface area contributed by atoms with E-state index in [9.17, 15) is 13.2 Å². The van der Waals surface area contributed by atoms with Crippen molar-refractivity contribution in [1.29, 1.82) is 0 Å². The number of carbonyl (C=O) groups excluding carboxylic acids is 1. The van der Waals surface area contributed by atoms with Crippen LogP contribution in [0.25, 0.3) is 10.9 Å². The minimum absolute atomic E-state index is 0.0429. The fourth-order valence-electron chi connectivity index (χ4n) is 5.20. The van der Waals surface area contributed by atoms with Crippen molar-refractivity contribution in [2.75, 3.05) is 36.4 Å². The molecule has 1 N–H and O–H groups in total. The summed E-state index contributed by atoms with van der Waals surface area (Å²) in [5, 5.41) is 3.89. The molecule has 3 aromatic rings. The van der Waals surface area contributed by atoms with Crippen molar-refractivity contribution in [2.45, 2.75) is 50.3 Å². The Morgan fingerprint density at radius 2 is 1.83 bits per heavy atom. The molecule has 0 radical (unpaired) electrons. The number of amides is 1. The standard InChI is InChI=1S/C28H34N4O3S/c1-2-21-8-6-10-24(18-21)29-28(33)23-9-7-15-31(20-23)27-14-11-22-19-25(12-13-26(22)30-27)36(34,35)32-16-4-3-5-17-32/h6,8,10-14,18-19,23H,2-5,7,9,15-17,20H2,1H3,(H,29,33). The third-order valence-corrected chi connectivity index (χ3v) is 9.21. The monoisotopic (exact) mass is 506 g/mol. The molecule has 0 spiro atoms. The summed E-state index contributed by atoms with van der Waals surface area (Å²) in [7, 11) is -3.48. The van der Waals surface area contributed by atoms with E-state index in [-0.39, 0.29) is 11.8 Å². The summed E-state index contributed by atoms with van der Waals surface area (Å²) in [6.45, 7) is 4.73. The fourth-order valence-corrected chi connectivity index (χ4v) is 6.75. The Bertz CT molecular complexity index is 1350. The Morgan fingerprint density at radius 1 is 1.00 bits per heavy atom. The van der Waals surface area contributed by atoms with Gasteiger partial charge in [0.1, 0.15) is 5.82 Å². The number of piperidine rings is 2. The summed E-state index contributed by atoms with van der Waals surface area (Å²) < 4.78 is 27.7. The van der Waals surface area contributed by atoms with Crippen molar-refractivity contribution in [3.8, 4) is 0 Å². The van der Waals surface area contributed by atoms with E-state index in [2.05, 4.69) is 23.2 Å². The largest absolute Gasteiger partial charge is 0.356 e. The highest BCUT2D eigenvalue weighted by atomic mass is 32.2.